The Hall–Kier alpha value is -0.840. The van der Waals surface area contributed by atoms with E-state index in [0.717, 1.165) is 38.2 Å². The van der Waals surface area contributed by atoms with E-state index in [1.54, 1.807) is 24.5 Å². The number of nitrogens with zero attached hydrogens (tertiary/aromatic N) is 2. The van der Waals surface area contributed by atoms with Crippen molar-refractivity contribution in [3.8, 4) is 0 Å². The first-order chi connectivity index (χ1) is 8.29. The SMILES string of the molecule is Cl.Cl.O=C(c1ccncc1)N1CCC2(CCNC2)C1. The van der Waals surface area contributed by atoms with Crippen LogP contribution in [-0.2, 0) is 0 Å². The van der Waals surface area contributed by atoms with E-state index in [9.17, 15) is 4.79 Å². The summed E-state index contributed by atoms with van der Waals surface area (Å²) in [6.07, 6.45) is 5.69. The quantitative estimate of drug-likeness (QED) is 0.860. The molecule has 4 nitrogen and oxygen atoms in total. The molecule has 1 N–H and O–H groups in total. The Morgan fingerprint density at radius 3 is 2.63 bits per heavy atom. The third kappa shape index (κ3) is 3.19. The lowest BCUT2D eigenvalue weighted by Gasteiger charge is -2.22. The van der Waals surface area contributed by atoms with Crippen LogP contribution < -0.4 is 5.32 Å². The van der Waals surface area contributed by atoms with Crippen LogP contribution in [0.25, 0.3) is 0 Å². The smallest absolute Gasteiger partial charge is 0.253 e. The molecule has 1 aromatic heterocycles. The number of hydrogen-bond donors (Lipinski definition) is 1. The van der Waals surface area contributed by atoms with Gasteiger partial charge < -0.3 is 10.2 Å². The van der Waals surface area contributed by atoms with Crippen LogP contribution in [0.4, 0.5) is 0 Å². The van der Waals surface area contributed by atoms with E-state index in [-0.39, 0.29) is 30.7 Å². The van der Waals surface area contributed by atoms with Gasteiger partial charge in [-0.25, -0.2) is 0 Å². The van der Waals surface area contributed by atoms with E-state index in [0.29, 0.717) is 5.41 Å². The van der Waals surface area contributed by atoms with Crippen molar-refractivity contribution in [2.24, 2.45) is 5.41 Å². The zero-order chi connectivity index (χ0) is 11.7. The molecule has 0 radical (unpaired) electrons. The maximum absolute atomic E-state index is 12.3. The lowest BCUT2D eigenvalue weighted by atomic mass is 9.86. The summed E-state index contributed by atoms with van der Waals surface area (Å²) in [6.45, 7) is 3.95. The molecule has 0 saturated carbocycles. The second-order valence-corrected chi connectivity index (χ2v) is 5.14. The predicted octanol–water partition coefficient (Wildman–Crippen LogP) is 1.75. The summed E-state index contributed by atoms with van der Waals surface area (Å²) >= 11 is 0. The van der Waals surface area contributed by atoms with Crippen LogP contribution >= 0.6 is 24.8 Å². The maximum Gasteiger partial charge on any atom is 0.253 e. The highest BCUT2D eigenvalue weighted by molar-refractivity contribution is 5.94. The average Bonchev–Trinajstić information content (AvgIpc) is 3.01. The molecular weight excluding hydrogens is 285 g/mol. The summed E-state index contributed by atoms with van der Waals surface area (Å²) in [4.78, 5) is 18.2. The van der Waals surface area contributed by atoms with Crippen molar-refractivity contribution in [1.82, 2.24) is 15.2 Å². The Labute approximate surface area is 125 Å². The van der Waals surface area contributed by atoms with Crippen molar-refractivity contribution in [3.63, 3.8) is 0 Å². The predicted molar refractivity (Wildman–Crippen MR) is 79.2 cm³/mol. The first-order valence-corrected chi connectivity index (χ1v) is 6.19. The molecule has 0 aliphatic carbocycles. The van der Waals surface area contributed by atoms with Crippen LogP contribution in [0.1, 0.15) is 23.2 Å². The summed E-state index contributed by atoms with van der Waals surface area (Å²) in [5, 5.41) is 3.41. The number of nitrogens with one attached hydrogen (secondary N) is 1. The van der Waals surface area contributed by atoms with Crippen molar-refractivity contribution in [1.29, 1.82) is 0 Å². The summed E-state index contributed by atoms with van der Waals surface area (Å²) in [5.41, 5.74) is 1.10. The van der Waals surface area contributed by atoms with Gasteiger partial charge in [-0.2, -0.15) is 0 Å². The lowest BCUT2D eigenvalue weighted by molar-refractivity contribution is 0.0775. The van der Waals surface area contributed by atoms with Crippen LogP contribution in [0.3, 0.4) is 0 Å². The molecule has 2 fully saturated rings. The Kier molecular flexibility index (Phi) is 5.59. The maximum atomic E-state index is 12.3. The van der Waals surface area contributed by atoms with Gasteiger partial charge in [0.15, 0.2) is 0 Å². The van der Waals surface area contributed by atoms with E-state index in [1.165, 1.54) is 6.42 Å². The topological polar surface area (TPSA) is 45.2 Å². The van der Waals surface area contributed by atoms with Crippen LogP contribution in [0.15, 0.2) is 24.5 Å². The molecule has 3 heterocycles. The number of aromatic nitrogens is 1. The van der Waals surface area contributed by atoms with E-state index in [2.05, 4.69) is 10.3 Å². The number of amides is 1. The monoisotopic (exact) mass is 303 g/mol. The summed E-state index contributed by atoms with van der Waals surface area (Å²) in [5.74, 6) is 0.149. The van der Waals surface area contributed by atoms with Crippen molar-refractivity contribution in [3.05, 3.63) is 30.1 Å². The summed E-state index contributed by atoms with van der Waals surface area (Å²) < 4.78 is 0. The van der Waals surface area contributed by atoms with Crippen molar-refractivity contribution < 1.29 is 4.79 Å². The van der Waals surface area contributed by atoms with Gasteiger partial charge in [0, 0.05) is 43.0 Å². The molecule has 2 aliphatic heterocycles. The number of pyridine rings is 1. The lowest BCUT2D eigenvalue weighted by Crippen LogP contribution is -2.33. The van der Waals surface area contributed by atoms with Gasteiger partial charge in [0.25, 0.3) is 5.91 Å². The number of carbonyl (C=O) groups excluding carboxylic acids is 1. The molecule has 6 heteroatoms. The number of hydrogen-bond acceptors (Lipinski definition) is 3. The summed E-state index contributed by atoms with van der Waals surface area (Å²) in [7, 11) is 0. The van der Waals surface area contributed by atoms with Crippen molar-refractivity contribution >= 4 is 30.7 Å². The largest absolute Gasteiger partial charge is 0.338 e. The van der Waals surface area contributed by atoms with E-state index < -0.39 is 0 Å². The minimum atomic E-state index is 0. The minimum absolute atomic E-state index is 0. The Morgan fingerprint density at radius 1 is 1.26 bits per heavy atom. The van der Waals surface area contributed by atoms with Crippen LogP contribution in [0, 0.1) is 5.41 Å². The Balaban J connectivity index is 0.000000902. The van der Waals surface area contributed by atoms with Crippen molar-refractivity contribution in [2.75, 3.05) is 26.2 Å². The zero-order valence-corrected chi connectivity index (χ0v) is 12.3. The first-order valence-electron chi connectivity index (χ1n) is 6.19. The molecule has 1 amide bonds. The first kappa shape index (κ1) is 16.2. The van der Waals surface area contributed by atoms with Gasteiger partial charge in [-0.1, -0.05) is 0 Å². The molecule has 0 aromatic carbocycles. The van der Waals surface area contributed by atoms with Crippen LogP contribution in [0.5, 0.6) is 0 Å². The van der Waals surface area contributed by atoms with E-state index >= 15 is 0 Å². The van der Waals surface area contributed by atoms with Gasteiger partial charge in [0.2, 0.25) is 0 Å². The third-order valence-corrected chi connectivity index (χ3v) is 3.98. The number of rotatable bonds is 1. The Bertz CT molecular complexity index is 421. The van der Waals surface area contributed by atoms with Gasteiger partial charge in [-0.15, -0.1) is 24.8 Å². The standard InChI is InChI=1S/C13H17N3O.2ClH/c17-12(11-1-5-14-6-2-11)16-8-4-13(10-16)3-7-15-9-13;;/h1-2,5-6,15H,3-4,7-10H2;2*1H. The second-order valence-electron chi connectivity index (χ2n) is 5.14. The second kappa shape index (κ2) is 6.55. The van der Waals surface area contributed by atoms with E-state index in [1.807, 2.05) is 4.90 Å². The molecular formula is C13H19Cl2N3O. The summed E-state index contributed by atoms with van der Waals surface area (Å²) in [6, 6.07) is 3.58. The zero-order valence-electron chi connectivity index (χ0n) is 10.7. The van der Waals surface area contributed by atoms with Gasteiger partial charge in [-0.05, 0) is 31.5 Å². The highest BCUT2D eigenvalue weighted by Gasteiger charge is 2.41. The fourth-order valence-electron chi connectivity index (χ4n) is 2.93. The van der Waals surface area contributed by atoms with Crippen molar-refractivity contribution in [2.45, 2.75) is 12.8 Å². The molecule has 106 valence electrons. The normalized spacial score (nSPS) is 24.9. The van der Waals surface area contributed by atoms with Gasteiger partial charge >= 0.3 is 0 Å². The molecule has 2 saturated heterocycles. The average molecular weight is 304 g/mol. The highest BCUT2D eigenvalue weighted by atomic mass is 35.5. The molecule has 0 bridgehead atoms. The fourth-order valence-corrected chi connectivity index (χ4v) is 2.93. The fraction of sp³-hybridized carbons (Fsp3) is 0.538. The molecule has 3 rings (SSSR count). The minimum Gasteiger partial charge on any atom is -0.338 e. The van der Waals surface area contributed by atoms with Crippen LogP contribution in [0.2, 0.25) is 0 Å². The molecule has 19 heavy (non-hydrogen) atoms. The van der Waals surface area contributed by atoms with E-state index in [4.69, 9.17) is 0 Å². The molecule has 2 aliphatic rings. The van der Waals surface area contributed by atoms with Gasteiger partial charge in [0.05, 0.1) is 0 Å². The number of carbonyl (C=O) groups is 1. The Morgan fingerprint density at radius 2 is 2.00 bits per heavy atom. The van der Waals surface area contributed by atoms with Gasteiger partial charge in [-0.3, -0.25) is 9.78 Å². The third-order valence-electron chi connectivity index (χ3n) is 3.98. The number of halogens is 2. The van der Waals surface area contributed by atoms with Crippen LogP contribution in [-0.4, -0.2) is 42.0 Å². The molecule has 1 atom stereocenters. The molecule has 1 spiro atoms. The number of likely N-dealkylation sites (tertiary alicyclic amines) is 1. The molecule has 1 aromatic rings. The highest BCUT2D eigenvalue weighted by Crippen LogP contribution is 2.36. The molecule has 1 unspecified atom stereocenters. The van der Waals surface area contributed by atoms with Gasteiger partial charge in [0.1, 0.15) is 0 Å².